The van der Waals surface area contributed by atoms with Gasteiger partial charge < -0.3 is 10.2 Å². The van der Waals surface area contributed by atoms with Crippen LogP contribution in [0.1, 0.15) is 52.6 Å². The van der Waals surface area contributed by atoms with E-state index in [4.69, 9.17) is 0 Å². The number of nitrogens with zero attached hydrogens (tertiary/aromatic N) is 5. The third-order valence-electron chi connectivity index (χ3n) is 4.90. The van der Waals surface area contributed by atoms with Gasteiger partial charge in [-0.15, -0.1) is 0 Å². The van der Waals surface area contributed by atoms with Crippen molar-refractivity contribution in [2.75, 3.05) is 16.8 Å². The maximum absolute atomic E-state index is 13.2. The van der Waals surface area contributed by atoms with Gasteiger partial charge in [-0.25, -0.2) is 9.97 Å². The van der Waals surface area contributed by atoms with E-state index in [0.29, 0.717) is 17.2 Å². The number of aryl methyl sites for hydroxylation is 1. The lowest BCUT2D eigenvalue weighted by Gasteiger charge is -2.32. The van der Waals surface area contributed by atoms with E-state index in [0.717, 1.165) is 12.1 Å². The molecule has 1 N–H and O–H groups in total. The van der Waals surface area contributed by atoms with Crippen molar-refractivity contribution in [1.29, 1.82) is 0 Å². The molecule has 0 fully saturated rings. The maximum Gasteiger partial charge on any atom is 0.416 e. The monoisotopic (exact) mass is 480 g/mol. The molecule has 12 heteroatoms. The Labute approximate surface area is 195 Å². The molecule has 3 heterocycles. The van der Waals surface area contributed by atoms with Crippen molar-refractivity contribution in [3.63, 3.8) is 0 Å². The summed E-state index contributed by atoms with van der Waals surface area (Å²) in [5.74, 6) is -0.554. The molecule has 4 rings (SSSR count). The standard InChI is InChI=1S/C20H17F3N6O2.CH4.H2S/c1-11-10-28(15-5-3-13(4-6-15)20(21,22)23)19(31)17-16(9-26-29(11)17)18(30)27-14-7-24-12(2)25-8-14;;/h3-9,11H,10H2,1-2H3,(H,27,30);1H4;1H2/t11-;;/m0../s1. The van der Waals surface area contributed by atoms with Crippen LogP contribution in [0.5, 0.6) is 0 Å². The fourth-order valence-electron chi connectivity index (χ4n) is 3.34. The lowest BCUT2D eigenvalue weighted by molar-refractivity contribution is -0.137. The van der Waals surface area contributed by atoms with E-state index in [1.165, 1.54) is 40.3 Å². The summed E-state index contributed by atoms with van der Waals surface area (Å²) in [4.78, 5) is 35.3. The Morgan fingerprint density at radius 2 is 1.73 bits per heavy atom. The number of carbonyl (C=O) groups excluding carboxylic acids is 2. The first-order valence-electron chi connectivity index (χ1n) is 9.32. The summed E-state index contributed by atoms with van der Waals surface area (Å²) < 4.78 is 40.0. The Morgan fingerprint density at radius 3 is 2.30 bits per heavy atom. The van der Waals surface area contributed by atoms with E-state index in [1.54, 1.807) is 13.8 Å². The molecule has 0 bridgehead atoms. The topological polar surface area (TPSA) is 93.0 Å². The van der Waals surface area contributed by atoms with Crippen molar-refractivity contribution in [3.05, 3.63) is 65.5 Å². The molecule has 0 spiro atoms. The third kappa shape index (κ3) is 5.00. The summed E-state index contributed by atoms with van der Waals surface area (Å²) in [7, 11) is 0. The molecule has 1 aliphatic heterocycles. The second-order valence-corrected chi connectivity index (χ2v) is 7.13. The molecule has 2 aromatic heterocycles. The molecule has 1 aliphatic rings. The molecule has 176 valence electrons. The molecule has 8 nitrogen and oxygen atoms in total. The van der Waals surface area contributed by atoms with Gasteiger partial charge in [0.15, 0.2) is 0 Å². The van der Waals surface area contributed by atoms with Gasteiger partial charge in [0.25, 0.3) is 11.8 Å². The van der Waals surface area contributed by atoms with Gasteiger partial charge in [-0.05, 0) is 38.1 Å². The van der Waals surface area contributed by atoms with Gasteiger partial charge in [-0.1, -0.05) is 7.43 Å². The number of amides is 2. The average molecular weight is 481 g/mol. The van der Waals surface area contributed by atoms with Crippen LogP contribution in [0.2, 0.25) is 0 Å². The number of nitrogens with one attached hydrogen (secondary N) is 1. The van der Waals surface area contributed by atoms with Crippen molar-refractivity contribution in [1.82, 2.24) is 19.7 Å². The maximum atomic E-state index is 13.2. The minimum atomic E-state index is -4.47. The molecule has 1 aromatic carbocycles. The van der Waals surface area contributed by atoms with Gasteiger partial charge in [0, 0.05) is 12.2 Å². The number of halogens is 3. The number of hydrogen-bond acceptors (Lipinski definition) is 5. The van der Waals surface area contributed by atoms with E-state index in [2.05, 4.69) is 20.4 Å². The predicted octanol–water partition coefficient (Wildman–Crippen LogP) is 4.22. The zero-order valence-corrected chi connectivity index (χ0v) is 18.0. The minimum Gasteiger partial charge on any atom is -0.319 e. The molecular formula is C21H23F3N6O2S. The minimum absolute atomic E-state index is 0. The molecule has 0 unspecified atom stereocenters. The Hall–Kier alpha value is -3.41. The zero-order valence-electron chi connectivity index (χ0n) is 17.0. The van der Waals surface area contributed by atoms with Crippen molar-refractivity contribution < 1.29 is 22.8 Å². The summed E-state index contributed by atoms with van der Waals surface area (Å²) in [6.45, 7) is 3.71. The number of benzene rings is 1. The lowest BCUT2D eigenvalue weighted by atomic mass is 10.1. The highest BCUT2D eigenvalue weighted by Crippen LogP contribution is 2.33. The summed E-state index contributed by atoms with van der Waals surface area (Å²) in [5, 5.41) is 6.79. The molecular weight excluding hydrogens is 457 g/mol. The van der Waals surface area contributed by atoms with E-state index in [9.17, 15) is 22.8 Å². The highest BCUT2D eigenvalue weighted by molar-refractivity contribution is 7.59. The Morgan fingerprint density at radius 1 is 1.12 bits per heavy atom. The number of hydrogen-bond donors (Lipinski definition) is 1. The van der Waals surface area contributed by atoms with Crippen LogP contribution in [0, 0.1) is 6.92 Å². The average Bonchev–Trinajstić information content (AvgIpc) is 3.18. The van der Waals surface area contributed by atoms with Crippen LogP contribution in [-0.2, 0) is 6.18 Å². The normalized spacial score (nSPS) is 15.2. The van der Waals surface area contributed by atoms with Gasteiger partial charge in [0.2, 0.25) is 0 Å². The fraction of sp³-hybridized carbons (Fsp3) is 0.286. The lowest BCUT2D eigenvalue weighted by Crippen LogP contribution is -2.43. The third-order valence-corrected chi connectivity index (χ3v) is 4.90. The molecule has 0 aliphatic carbocycles. The van der Waals surface area contributed by atoms with Crippen molar-refractivity contribution >= 4 is 36.7 Å². The fourth-order valence-corrected chi connectivity index (χ4v) is 3.34. The van der Waals surface area contributed by atoms with Gasteiger partial charge in [0.1, 0.15) is 11.5 Å². The van der Waals surface area contributed by atoms with Gasteiger partial charge in [0.05, 0.1) is 41.4 Å². The first-order valence-corrected chi connectivity index (χ1v) is 9.32. The van der Waals surface area contributed by atoms with E-state index in [-0.39, 0.29) is 44.8 Å². The van der Waals surface area contributed by atoms with Gasteiger partial charge in [-0.2, -0.15) is 31.8 Å². The van der Waals surface area contributed by atoms with Crippen molar-refractivity contribution in [2.24, 2.45) is 0 Å². The zero-order chi connectivity index (χ0) is 22.3. The largest absolute Gasteiger partial charge is 0.416 e. The van der Waals surface area contributed by atoms with Gasteiger partial charge in [-0.3, -0.25) is 14.3 Å². The van der Waals surface area contributed by atoms with E-state index in [1.807, 2.05) is 0 Å². The van der Waals surface area contributed by atoms with E-state index >= 15 is 0 Å². The highest BCUT2D eigenvalue weighted by Gasteiger charge is 2.36. The Kier molecular flexibility index (Phi) is 7.53. The molecule has 0 saturated heterocycles. The number of anilines is 2. The molecule has 3 aromatic rings. The molecule has 2 amide bonds. The van der Waals surface area contributed by atoms with Crippen LogP contribution in [0.25, 0.3) is 0 Å². The SMILES string of the molecule is C.Cc1ncc(NC(=O)c2cnn3c2C(=O)N(c2ccc(C(F)(F)F)cc2)C[C@@H]3C)cn1.S. The molecule has 33 heavy (non-hydrogen) atoms. The van der Waals surface area contributed by atoms with Crippen LogP contribution in [0.3, 0.4) is 0 Å². The number of carbonyl (C=O) groups is 2. The van der Waals surface area contributed by atoms with Crippen LogP contribution in [0.15, 0.2) is 42.9 Å². The summed E-state index contributed by atoms with van der Waals surface area (Å²) >= 11 is 0. The van der Waals surface area contributed by atoms with Gasteiger partial charge >= 0.3 is 6.18 Å². The van der Waals surface area contributed by atoms with Crippen LogP contribution in [0.4, 0.5) is 24.5 Å². The predicted molar refractivity (Wildman–Crippen MR) is 122 cm³/mol. The summed E-state index contributed by atoms with van der Waals surface area (Å²) in [5.41, 5.74) is -0.0422. The molecule has 1 atom stereocenters. The number of rotatable bonds is 3. The number of alkyl halides is 3. The summed E-state index contributed by atoms with van der Waals surface area (Å²) in [6.07, 6.45) is -0.296. The molecule has 0 radical (unpaired) electrons. The smallest absolute Gasteiger partial charge is 0.319 e. The summed E-state index contributed by atoms with van der Waals surface area (Å²) in [6, 6.07) is 4.03. The van der Waals surface area contributed by atoms with Crippen LogP contribution >= 0.6 is 13.5 Å². The van der Waals surface area contributed by atoms with E-state index < -0.39 is 23.6 Å². The van der Waals surface area contributed by atoms with Crippen molar-refractivity contribution in [3.8, 4) is 0 Å². The Balaban J connectivity index is 0.00000193. The first-order chi connectivity index (χ1) is 14.6. The number of aromatic nitrogens is 4. The van der Waals surface area contributed by atoms with Crippen molar-refractivity contribution in [2.45, 2.75) is 33.5 Å². The van der Waals surface area contributed by atoms with Crippen LogP contribution < -0.4 is 10.2 Å². The second kappa shape index (κ2) is 9.61. The Bertz CT molecular complexity index is 1150. The first kappa shape index (κ1) is 25.8. The molecule has 0 saturated carbocycles. The second-order valence-electron chi connectivity index (χ2n) is 7.13. The van der Waals surface area contributed by atoms with Crippen LogP contribution in [-0.4, -0.2) is 38.1 Å². The number of fused-ring (bicyclic) bond motifs is 1. The quantitative estimate of drug-likeness (QED) is 0.606. The highest BCUT2D eigenvalue weighted by atomic mass is 32.1.